The van der Waals surface area contributed by atoms with Crippen LogP contribution in [0.4, 0.5) is 4.79 Å². The SMILES string of the molecule is COc1ccc2cc(C(=O)N3CCC(N4C(=O)COC4=O)CC3)[nH]c2c1. The summed E-state index contributed by atoms with van der Waals surface area (Å²) in [5.74, 6) is 0.333. The van der Waals surface area contributed by atoms with E-state index in [0.29, 0.717) is 31.6 Å². The van der Waals surface area contributed by atoms with Crippen molar-refractivity contribution in [2.45, 2.75) is 18.9 Å². The number of hydrogen-bond acceptors (Lipinski definition) is 5. The van der Waals surface area contributed by atoms with Gasteiger partial charge < -0.3 is 19.4 Å². The highest BCUT2D eigenvalue weighted by atomic mass is 16.6. The zero-order chi connectivity index (χ0) is 18.3. The summed E-state index contributed by atoms with van der Waals surface area (Å²) in [6.45, 7) is 0.787. The molecule has 0 bridgehead atoms. The minimum Gasteiger partial charge on any atom is -0.497 e. The maximum Gasteiger partial charge on any atom is 0.417 e. The molecule has 0 unspecified atom stereocenters. The van der Waals surface area contributed by atoms with Crippen LogP contribution in [0.25, 0.3) is 10.9 Å². The number of imide groups is 1. The number of likely N-dealkylation sites (tertiary alicyclic amines) is 1. The van der Waals surface area contributed by atoms with Crippen LogP contribution in [0, 0.1) is 0 Å². The van der Waals surface area contributed by atoms with E-state index in [1.54, 1.807) is 12.0 Å². The molecule has 2 aliphatic rings. The fourth-order valence-electron chi connectivity index (χ4n) is 3.56. The summed E-state index contributed by atoms with van der Waals surface area (Å²) in [6.07, 6.45) is 0.533. The van der Waals surface area contributed by atoms with Gasteiger partial charge in [0.15, 0.2) is 6.61 Å². The molecule has 8 heteroatoms. The third-order valence-corrected chi connectivity index (χ3v) is 4.96. The first kappa shape index (κ1) is 16.4. The molecule has 1 aromatic heterocycles. The van der Waals surface area contributed by atoms with Crippen molar-refractivity contribution in [2.75, 3.05) is 26.8 Å². The van der Waals surface area contributed by atoms with Gasteiger partial charge in [-0.25, -0.2) is 9.69 Å². The van der Waals surface area contributed by atoms with Gasteiger partial charge in [0.05, 0.1) is 7.11 Å². The molecule has 0 atom stereocenters. The number of aromatic amines is 1. The molecule has 136 valence electrons. The Bertz CT molecular complexity index is 866. The Kier molecular flexibility index (Phi) is 4.02. The van der Waals surface area contributed by atoms with Crippen molar-refractivity contribution in [3.63, 3.8) is 0 Å². The maximum atomic E-state index is 12.8. The molecule has 4 rings (SSSR count). The summed E-state index contributed by atoms with van der Waals surface area (Å²) >= 11 is 0. The lowest BCUT2D eigenvalue weighted by Gasteiger charge is -2.34. The number of nitrogens with zero attached hydrogens (tertiary/aromatic N) is 2. The molecular weight excluding hydrogens is 338 g/mol. The number of benzene rings is 1. The van der Waals surface area contributed by atoms with Gasteiger partial charge in [0.1, 0.15) is 11.4 Å². The highest BCUT2D eigenvalue weighted by Crippen LogP contribution is 2.24. The first-order chi connectivity index (χ1) is 12.6. The van der Waals surface area contributed by atoms with Gasteiger partial charge in [-0.2, -0.15) is 0 Å². The van der Waals surface area contributed by atoms with Crippen LogP contribution in [0.15, 0.2) is 24.3 Å². The highest BCUT2D eigenvalue weighted by Gasteiger charge is 2.39. The fourth-order valence-corrected chi connectivity index (χ4v) is 3.56. The van der Waals surface area contributed by atoms with E-state index in [4.69, 9.17) is 9.47 Å². The molecule has 8 nitrogen and oxygen atoms in total. The van der Waals surface area contributed by atoms with E-state index in [-0.39, 0.29) is 24.5 Å². The average molecular weight is 357 g/mol. The van der Waals surface area contributed by atoms with Crippen LogP contribution in [-0.4, -0.2) is 65.5 Å². The lowest BCUT2D eigenvalue weighted by atomic mass is 10.0. The Balaban J connectivity index is 1.45. The van der Waals surface area contributed by atoms with Crippen LogP contribution in [0.3, 0.4) is 0 Å². The number of methoxy groups -OCH3 is 1. The van der Waals surface area contributed by atoms with Crippen molar-refractivity contribution in [2.24, 2.45) is 0 Å². The summed E-state index contributed by atoms with van der Waals surface area (Å²) in [5, 5.41) is 0.939. The zero-order valence-corrected chi connectivity index (χ0v) is 14.4. The zero-order valence-electron chi connectivity index (χ0n) is 14.4. The van der Waals surface area contributed by atoms with E-state index in [0.717, 1.165) is 16.7 Å². The Hall–Kier alpha value is -3.03. The summed E-state index contributed by atoms with van der Waals surface area (Å²) in [4.78, 5) is 42.3. The van der Waals surface area contributed by atoms with Crippen molar-refractivity contribution in [3.05, 3.63) is 30.0 Å². The standard InChI is InChI=1S/C18H19N3O5/c1-25-13-3-2-11-8-15(19-14(11)9-13)17(23)20-6-4-12(5-7-20)21-16(22)10-26-18(21)24/h2-3,8-9,12,19H,4-7,10H2,1H3. The maximum absolute atomic E-state index is 12.8. The van der Waals surface area contributed by atoms with E-state index in [1.807, 2.05) is 24.3 Å². The predicted molar refractivity (Wildman–Crippen MR) is 92.0 cm³/mol. The number of carbonyl (C=O) groups excluding carboxylic acids is 3. The number of hydrogen-bond donors (Lipinski definition) is 1. The number of cyclic esters (lactones) is 1. The van der Waals surface area contributed by atoms with E-state index in [1.165, 1.54) is 4.90 Å². The quantitative estimate of drug-likeness (QED) is 0.904. The van der Waals surface area contributed by atoms with Gasteiger partial charge >= 0.3 is 6.09 Å². The molecule has 0 saturated carbocycles. The number of amides is 3. The van der Waals surface area contributed by atoms with Crippen molar-refractivity contribution in [3.8, 4) is 5.75 Å². The Morgan fingerprint density at radius 2 is 2.00 bits per heavy atom. The molecule has 0 radical (unpaired) electrons. The summed E-state index contributed by atoms with van der Waals surface area (Å²) in [7, 11) is 1.60. The monoisotopic (exact) mass is 357 g/mol. The van der Waals surface area contributed by atoms with Crippen LogP contribution in [0.2, 0.25) is 0 Å². The van der Waals surface area contributed by atoms with Crippen molar-refractivity contribution in [1.29, 1.82) is 0 Å². The van der Waals surface area contributed by atoms with Crippen LogP contribution < -0.4 is 4.74 Å². The van der Waals surface area contributed by atoms with Gasteiger partial charge in [-0.05, 0) is 31.0 Å². The Labute approximate surface area is 149 Å². The number of carbonyl (C=O) groups is 3. The van der Waals surface area contributed by atoms with Crippen LogP contribution >= 0.6 is 0 Å². The number of ether oxygens (including phenoxy) is 2. The molecule has 26 heavy (non-hydrogen) atoms. The Morgan fingerprint density at radius 3 is 2.65 bits per heavy atom. The molecule has 2 aromatic rings. The van der Waals surface area contributed by atoms with Gasteiger partial charge in [-0.1, -0.05) is 0 Å². The van der Waals surface area contributed by atoms with Crippen LogP contribution in [0.5, 0.6) is 5.75 Å². The number of H-pyrrole nitrogens is 1. The van der Waals surface area contributed by atoms with Gasteiger partial charge in [0, 0.05) is 36.1 Å². The van der Waals surface area contributed by atoms with Gasteiger partial charge in [0.25, 0.3) is 11.8 Å². The van der Waals surface area contributed by atoms with Gasteiger partial charge in [-0.15, -0.1) is 0 Å². The molecule has 1 aromatic carbocycles. The first-order valence-electron chi connectivity index (χ1n) is 8.51. The molecule has 3 heterocycles. The molecule has 0 spiro atoms. The van der Waals surface area contributed by atoms with E-state index in [2.05, 4.69) is 4.98 Å². The number of nitrogens with one attached hydrogen (secondary N) is 1. The fraction of sp³-hybridized carbons (Fsp3) is 0.389. The highest BCUT2D eigenvalue weighted by molar-refractivity contribution is 5.99. The number of aromatic nitrogens is 1. The van der Waals surface area contributed by atoms with Crippen LogP contribution in [0.1, 0.15) is 23.3 Å². The van der Waals surface area contributed by atoms with E-state index < -0.39 is 6.09 Å². The molecule has 2 fully saturated rings. The van der Waals surface area contributed by atoms with E-state index in [9.17, 15) is 14.4 Å². The minimum absolute atomic E-state index is 0.0889. The normalized spacial score (nSPS) is 18.5. The number of rotatable bonds is 3. The molecule has 1 N–H and O–H groups in total. The predicted octanol–water partition coefficient (Wildman–Crippen LogP) is 1.76. The average Bonchev–Trinajstić information content (AvgIpc) is 3.23. The van der Waals surface area contributed by atoms with Crippen molar-refractivity contribution in [1.82, 2.24) is 14.8 Å². The summed E-state index contributed by atoms with van der Waals surface area (Å²) in [6, 6.07) is 7.22. The number of piperidine rings is 1. The van der Waals surface area contributed by atoms with Gasteiger partial charge in [-0.3, -0.25) is 9.59 Å². The Morgan fingerprint density at radius 1 is 1.23 bits per heavy atom. The molecule has 2 saturated heterocycles. The number of fused-ring (bicyclic) bond motifs is 1. The van der Waals surface area contributed by atoms with Gasteiger partial charge in [0.2, 0.25) is 0 Å². The molecular formula is C18H19N3O5. The topological polar surface area (TPSA) is 91.9 Å². The second-order valence-corrected chi connectivity index (χ2v) is 6.48. The lowest BCUT2D eigenvalue weighted by Crippen LogP contribution is -2.48. The largest absolute Gasteiger partial charge is 0.497 e. The molecule has 2 aliphatic heterocycles. The molecule has 3 amide bonds. The molecule has 0 aliphatic carbocycles. The summed E-state index contributed by atoms with van der Waals surface area (Å²) < 4.78 is 9.97. The second kappa shape index (κ2) is 6.36. The second-order valence-electron chi connectivity index (χ2n) is 6.48. The third-order valence-electron chi connectivity index (χ3n) is 4.96. The van der Waals surface area contributed by atoms with E-state index >= 15 is 0 Å². The minimum atomic E-state index is -0.579. The lowest BCUT2D eigenvalue weighted by molar-refractivity contribution is -0.127. The first-order valence-corrected chi connectivity index (χ1v) is 8.51. The third kappa shape index (κ3) is 2.77. The van der Waals surface area contributed by atoms with Crippen molar-refractivity contribution >= 4 is 28.8 Å². The van der Waals surface area contributed by atoms with Crippen LogP contribution in [-0.2, 0) is 9.53 Å². The summed E-state index contributed by atoms with van der Waals surface area (Å²) in [5.41, 5.74) is 1.36. The smallest absolute Gasteiger partial charge is 0.417 e. The van der Waals surface area contributed by atoms with Crippen molar-refractivity contribution < 1.29 is 23.9 Å².